The van der Waals surface area contributed by atoms with Crippen molar-refractivity contribution in [2.24, 2.45) is 0 Å². The predicted octanol–water partition coefficient (Wildman–Crippen LogP) is -9.23. The minimum atomic E-state index is -1.75. The summed E-state index contributed by atoms with van der Waals surface area (Å²) in [6.45, 7) is 0. The van der Waals surface area contributed by atoms with Gasteiger partial charge in [-0.15, -0.1) is 0 Å². The molecule has 0 unspecified atom stereocenters. The molecule has 0 aromatic heterocycles. The first-order valence-corrected chi connectivity index (χ1v) is 0.548. The number of hydrogen-bond donors (Lipinski definition) is 0. The van der Waals surface area contributed by atoms with E-state index in [0.29, 0.717) is 0 Å². The maximum Gasteiger partial charge on any atom is 1.00 e. The molecule has 0 aliphatic carbocycles. The van der Waals surface area contributed by atoms with E-state index < -0.39 is 5.09 Å². The van der Waals surface area contributed by atoms with E-state index in [9.17, 15) is 0 Å². The van der Waals surface area contributed by atoms with Crippen molar-refractivity contribution in [3.63, 3.8) is 0 Å². The quantitative estimate of drug-likeness (QED) is 0.192. The molecule has 0 aromatic carbocycles. The third kappa shape index (κ3) is 85.2. The van der Waals surface area contributed by atoms with Gasteiger partial charge >= 0.3 is 70.2 Å². The molecule has 7 heteroatoms. The van der Waals surface area contributed by atoms with Crippen molar-refractivity contribution in [2.75, 3.05) is 0 Å². The van der Waals surface area contributed by atoms with Gasteiger partial charge in [0.25, 0.3) is 0 Å². The molecule has 0 fully saturated rings. The molecule has 32 valence electrons. The molecule has 4 nitrogen and oxygen atoms in total. The van der Waals surface area contributed by atoms with E-state index in [4.69, 9.17) is 15.3 Å². The van der Waals surface area contributed by atoms with E-state index in [1.807, 2.05) is 0 Å². The fraction of sp³-hybridized carbons (Fsp3) is 0. The molecule has 0 bridgehead atoms. The molecule has 0 saturated heterocycles. The first kappa shape index (κ1) is 23.3. The van der Waals surface area contributed by atoms with Crippen LogP contribution >= 0.6 is 0 Å². The summed E-state index contributed by atoms with van der Waals surface area (Å²) in [4.78, 5) is 8.25. The summed E-state index contributed by atoms with van der Waals surface area (Å²) in [5, 5.41) is 14.8. The van der Waals surface area contributed by atoms with Crippen LogP contribution in [-0.2, 0) is 0 Å². The number of halogens is 1. The predicted molar refractivity (Wildman–Crippen MR) is 10.4 cm³/mol. The van der Waals surface area contributed by atoms with E-state index >= 15 is 0 Å². The topological polar surface area (TPSA) is 66.2 Å². The van der Waals surface area contributed by atoms with Gasteiger partial charge in [0, 0.05) is 0 Å². The van der Waals surface area contributed by atoms with Crippen LogP contribution in [-0.4, -0.2) is 5.09 Å². The van der Waals surface area contributed by atoms with Crippen LogP contribution in [0.5, 0.6) is 0 Å². The monoisotopic (exact) mass is 143 g/mol. The Bertz CT molecular complexity index is 37.9. The van der Waals surface area contributed by atoms with Crippen molar-refractivity contribution < 1.29 is 87.7 Å². The first-order chi connectivity index (χ1) is 1.73. The molecule has 0 saturated carbocycles. The van der Waals surface area contributed by atoms with E-state index in [-0.39, 0.29) is 82.7 Å². The second kappa shape index (κ2) is 15.6. The molecule has 0 aliphatic heterocycles. The summed E-state index contributed by atoms with van der Waals surface area (Å²) >= 11 is 0. The minimum Gasteiger partial charge on any atom is -1.00 e. The molecule has 7 heavy (non-hydrogen) atoms. The minimum absolute atomic E-state index is 0. The summed E-state index contributed by atoms with van der Waals surface area (Å²) in [5.74, 6) is 0. The van der Waals surface area contributed by atoms with Crippen LogP contribution in [0.15, 0.2) is 0 Å². The molecular formula is ClKLiNO3. The van der Waals surface area contributed by atoms with Gasteiger partial charge in [0.1, 0.15) is 0 Å². The number of nitrogens with zero attached hydrogens (tertiary/aromatic N) is 1. The van der Waals surface area contributed by atoms with Crippen molar-refractivity contribution >= 4 is 0 Å². The zero-order valence-corrected chi connectivity index (χ0v) is 7.93. The third-order valence-electron chi connectivity index (χ3n) is 0. The fourth-order valence-electron chi connectivity index (χ4n) is 0. The van der Waals surface area contributed by atoms with Crippen molar-refractivity contribution in [1.82, 2.24) is 0 Å². The van der Waals surface area contributed by atoms with Crippen LogP contribution in [0.3, 0.4) is 0 Å². The molecule has 0 aliphatic rings. The second-order valence-electron chi connectivity index (χ2n) is 0.224. The normalized spacial score (nSPS) is 3.43. The fourth-order valence-corrected chi connectivity index (χ4v) is 0. The summed E-state index contributed by atoms with van der Waals surface area (Å²) in [5.41, 5.74) is 0. The van der Waals surface area contributed by atoms with Gasteiger partial charge in [0.05, 0.1) is 5.09 Å². The van der Waals surface area contributed by atoms with Gasteiger partial charge in [0.2, 0.25) is 0 Å². The van der Waals surface area contributed by atoms with Gasteiger partial charge in [-0.25, -0.2) is 0 Å². The molecule has 0 rings (SSSR count). The standard InChI is InChI=1S/ClH.K.Li.NO3/c;;;2-1(3)4/h1H;;;/q;2*+1;-1/p-1. The van der Waals surface area contributed by atoms with Gasteiger partial charge < -0.3 is 27.7 Å². The summed E-state index contributed by atoms with van der Waals surface area (Å²) < 4.78 is 0. The Balaban J connectivity index is -0.0000000150. The molecular weight excluding hydrogens is 143 g/mol. The van der Waals surface area contributed by atoms with E-state index in [1.165, 1.54) is 0 Å². The van der Waals surface area contributed by atoms with Gasteiger partial charge in [-0.1, -0.05) is 0 Å². The maximum atomic E-state index is 8.25. The Morgan fingerprint density at radius 1 is 1.29 bits per heavy atom. The molecule has 0 radical (unpaired) electrons. The van der Waals surface area contributed by atoms with E-state index in [2.05, 4.69) is 0 Å². The van der Waals surface area contributed by atoms with Crippen LogP contribution in [0.4, 0.5) is 0 Å². The van der Waals surface area contributed by atoms with Crippen molar-refractivity contribution in [1.29, 1.82) is 0 Å². The van der Waals surface area contributed by atoms with E-state index in [0.717, 1.165) is 0 Å². The van der Waals surface area contributed by atoms with Crippen molar-refractivity contribution in [2.45, 2.75) is 0 Å². The average Bonchev–Trinajstić information content (AvgIpc) is 0.811. The Morgan fingerprint density at radius 3 is 1.29 bits per heavy atom. The van der Waals surface area contributed by atoms with Gasteiger partial charge in [-0.05, 0) is 0 Å². The first-order valence-electron chi connectivity index (χ1n) is 0.548. The summed E-state index contributed by atoms with van der Waals surface area (Å²) in [6.07, 6.45) is 0. The molecule has 0 amide bonds. The molecule has 0 spiro atoms. The zero-order chi connectivity index (χ0) is 3.58. The van der Waals surface area contributed by atoms with Crippen molar-refractivity contribution in [3.05, 3.63) is 15.3 Å². The van der Waals surface area contributed by atoms with Crippen LogP contribution in [0.2, 0.25) is 0 Å². The van der Waals surface area contributed by atoms with Crippen LogP contribution in [0.25, 0.3) is 0 Å². The number of hydrogen-bond acceptors (Lipinski definition) is 3. The maximum absolute atomic E-state index is 8.25. The SMILES string of the molecule is O=[N+]([O-])[O-].[Cl-].[K+].[Li+]. The third-order valence-corrected chi connectivity index (χ3v) is 0. The van der Waals surface area contributed by atoms with Crippen LogP contribution in [0, 0.1) is 15.3 Å². The van der Waals surface area contributed by atoms with Gasteiger partial charge in [-0.2, -0.15) is 0 Å². The molecule has 0 N–H and O–H groups in total. The Kier molecular flexibility index (Phi) is 52.1. The summed E-state index contributed by atoms with van der Waals surface area (Å²) in [7, 11) is 0. The molecule has 0 atom stereocenters. The number of rotatable bonds is 0. The largest absolute Gasteiger partial charge is 1.00 e. The second-order valence-corrected chi connectivity index (χ2v) is 0.224. The molecule has 0 heterocycles. The zero-order valence-electron chi connectivity index (χ0n) is 4.05. The van der Waals surface area contributed by atoms with E-state index in [1.54, 1.807) is 0 Å². The smallest absolute Gasteiger partial charge is 1.00 e. The van der Waals surface area contributed by atoms with Gasteiger partial charge in [-0.3, -0.25) is 0 Å². The summed E-state index contributed by atoms with van der Waals surface area (Å²) in [6, 6.07) is 0. The Hall–Kier alpha value is 1.72. The van der Waals surface area contributed by atoms with Crippen LogP contribution < -0.4 is 82.7 Å². The Labute approximate surface area is 101 Å². The molecule has 0 aromatic rings. The van der Waals surface area contributed by atoms with Crippen LogP contribution in [0.1, 0.15) is 0 Å². The van der Waals surface area contributed by atoms with Crippen molar-refractivity contribution in [3.8, 4) is 0 Å². The Morgan fingerprint density at radius 2 is 1.29 bits per heavy atom. The average molecular weight is 143 g/mol. The van der Waals surface area contributed by atoms with Gasteiger partial charge in [0.15, 0.2) is 0 Å².